The summed E-state index contributed by atoms with van der Waals surface area (Å²) in [6.45, 7) is 4.43. The highest BCUT2D eigenvalue weighted by molar-refractivity contribution is 7.09. The second kappa shape index (κ2) is 14.5. The smallest absolute Gasteiger partial charge is 0.233 e. The number of carbonyl (C=O) groups excluding carboxylic acids is 1. The Labute approximate surface area is 143 Å². The van der Waals surface area contributed by atoms with Crippen LogP contribution in [0.1, 0.15) is 23.5 Å². The van der Waals surface area contributed by atoms with Gasteiger partial charge in [-0.05, 0) is 26.2 Å². The number of thiazole rings is 1. The lowest BCUT2D eigenvalue weighted by Gasteiger charge is -2.06. The monoisotopic (exact) mass is 357 g/mol. The van der Waals surface area contributed by atoms with E-state index in [4.69, 9.17) is 4.74 Å². The summed E-state index contributed by atoms with van der Waals surface area (Å²) in [7, 11) is 1.64. The standard InChI is InChI=1S/C13H23N3O2S.2ClH/c1-11-10-19-13(16-11)5-3-4-6-15-12(17)9-14-7-8-18-2;;/h10,14H,3-9H2,1-2H3,(H,15,17);2*1H. The maximum absolute atomic E-state index is 11.4. The maximum atomic E-state index is 11.4. The van der Waals surface area contributed by atoms with E-state index in [-0.39, 0.29) is 30.7 Å². The number of nitrogens with zero attached hydrogens (tertiary/aromatic N) is 1. The van der Waals surface area contributed by atoms with Crippen molar-refractivity contribution in [1.29, 1.82) is 0 Å². The third-order valence-corrected chi connectivity index (χ3v) is 3.60. The Kier molecular flexibility index (Phi) is 15.8. The van der Waals surface area contributed by atoms with Crippen LogP contribution in [0.4, 0.5) is 0 Å². The highest BCUT2D eigenvalue weighted by atomic mass is 35.5. The summed E-state index contributed by atoms with van der Waals surface area (Å²) < 4.78 is 4.88. The number of methoxy groups -OCH3 is 1. The number of aromatic nitrogens is 1. The fourth-order valence-electron chi connectivity index (χ4n) is 1.59. The van der Waals surface area contributed by atoms with E-state index in [0.29, 0.717) is 19.7 Å². The van der Waals surface area contributed by atoms with Crippen LogP contribution < -0.4 is 10.6 Å². The number of aryl methyl sites for hydroxylation is 2. The highest BCUT2D eigenvalue weighted by Gasteiger charge is 2.01. The molecule has 0 aromatic carbocycles. The molecule has 0 atom stereocenters. The summed E-state index contributed by atoms with van der Waals surface area (Å²) in [6.07, 6.45) is 3.05. The van der Waals surface area contributed by atoms with E-state index in [2.05, 4.69) is 21.0 Å². The first-order chi connectivity index (χ1) is 9.22. The molecule has 124 valence electrons. The number of amides is 1. The molecule has 0 radical (unpaired) electrons. The van der Waals surface area contributed by atoms with Crippen LogP contribution in [-0.4, -0.2) is 44.2 Å². The highest BCUT2D eigenvalue weighted by Crippen LogP contribution is 2.11. The number of ether oxygens (including phenoxy) is 1. The molecule has 1 rings (SSSR count). The number of nitrogens with one attached hydrogen (secondary N) is 2. The Morgan fingerprint density at radius 1 is 1.33 bits per heavy atom. The van der Waals surface area contributed by atoms with E-state index in [1.165, 1.54) is 5.01 Å². The van der Waals surface area contributed by atoms with Gasteiger partial charge in [0, 0.05) is 31.3 Å². The maximum Gasteiger partial charge on any atom is 0.233 e. The van der Waals surface area contributed by atoms with E-state index < -0.39 is 0 Å². The van der Waals surface area contributed by atoms with E-state index in [1.54, 1.807) is 18.4 Å². The van der Waals surface area contributed by atoms with Crippen molar-refractivity contribution < 1.29 is 9.53 Å². The lowest BCUT2D eigenvalue weighted by atomic mass is 10.2. The molecule has 1 aromatic heterocycles. The molecule has 1 heterocycles. The number of rotatable bonds is 10. The third-order valence-electron chi connectivity index (χ3n) is 2.57. The predicted molar refractivity (Wildman–Crippen MR) is 92.0 cm³/mol. The zero-order valence-corrected chi connectivity index (χ0v) is 15.0. The van der Waals surface area contributed by atoms with E-state index in [9.17, 15) is 4.79 Å². The molecule has 0 unspecified atom stereocenters. The molecule has 8 heteroatoms. The second-order valence-corrected chi connectivity index (χ2v) is 5.30. The average molecular weight is 358 g/mol. The minimum absolute atomic E-state index is 0. The minimum atomic E-state index is 0. The van der Waals surface area contributed by atoms with Crippen molar-refractivity contribution >= 4 is 42.1 Å². The second-order valence-electron chi connectivity index (χ2n) is 4.36. The van der Waals surface area contributed by atoms with Gasteiger partial charge in [-0.3, -0.25) is 4.79 Å². The van der Waals surface area contributed by atoms with Crippen molar-refractivity contribution in [3.8, 4) is 0 Å². The molecule has 0 saturated heterocycles. The summed E-state index contributed by atoms with van der Waals surface area (Å²) >= 11 is 1.71. The molecule has 0 aliphatic rings. The molecule has 2 N–H and O–H groups in total. The van der Waals surface area contributed by atoms with Crippen LogP contribution in [0.25, 0.3) is 0 Å². The number of hydrogen-bond acceptors (Lipinski definition) is 5. The molecule has 0 aliphatic heterocycles. The average Bonchev–Trinajstić information content (AvgIpc) is 2.80. The van der Waals surface area contributed by atoms with Crippen LogP contribution in [0.5, 0.6) is 0 Å². The molecular formula is C13H25Cl2N3O2S. The number of hydrogen-bond donors (Lipinski definition) is 2. The van der Waals surface area contributed by atoms with Crippen LogP contribution in [0.2, 0.25) is 0 Å². The van der Waals surface area contributed by atoms with Crippen molar-refractivity contribution in [3.05, 3.63) is 16.1 Å². The molecule has 0 fully saturated rings. The lowest BCUT2D eigenvalue weighted by molar-refractivity contribution is -0.120. The van der Waals surface area contributed by atoms with Gasteiger partial charge in [0.1, 0.15) is 0 Å². The SMILES string of the molecule is COCCNCC(=O)NCCCCc1nc(C)cs1.Cl.Cl. The van der Waals surface area contributed by atoms with Gasteiger partial charge in [-0.15, -0.1) is 36.2 Å². The van der Waals surface area contributed by atoms with Crippen molar-refractivity contribution in [2.75, 3.05) is 33.4 Å². The molecular weight excluding hydrogens is 333 g/mol. The first kappa shape index (κ1) is 22.9. The van der Waals surface area contributed by atoms with Gasteiger partial charge in [0.05, 0.1) is 18.2 Å². The van der Waals surface area contributed by atoms with Gasteiger partial charge < -0.3 is 15.4 Å². The molecule has 0 saturated carbocycles. The normalized spacial score (nSPS) is 9.62. The van der Waals surface area contributed by atoms with Crippen molar-refractivity contribution in [1.82, 2.24) is 15.6 Å². The minimum Gasteiger partial charge on any atom is -0.383 e. The summed E-state index contributed by atoms with van der Waals surface area (Å²) in [5, 5.41) is 9.16. The molecule has 21 heavy (non-hydrogen) atoms. The fraction of sp³-hybridized carbons (Fsp3) is 0.692. The van der Waals surface area contributed by atoms with Gasteiger partial charge in [-0.25, -0.2) is 4.98 Å². The fourth-order valence-corrected chi connectivity index (χ4v) is 2.40. The molecule has 0 aliphatic carbocycles. The largest absolute Gasteiger partial charge is 0.383 e. The van der Waals surface area contributed by atoms with Gasteiger partial charge in [0.25, 0.3) is 0 Å². The summed E-state index contributed by atoms with van der Waals surface area (Å²) in [5.74, 6) is 0.0428. The van der Waals surface area contributed by atoms with Crippen molar-refractivity contribution in [2.45, 2.75) is 26.2 Å². The van der Waals surface area contributed by atoms with Gasteiger partial charge >= 0.3 is 0 Å². The van der Waals surface area contributed by atoms with Gasteiger partial charge in [-0.1, -0.05) is 0 Å². The predicted octanol–water partition coefficient (Wildman–Crippen LogP) is 1.97. The Bertz CT molecular complexity index is 378. The first-order valence-corrected chi connectivity index (χ1v) is 7.47. The Hall–Kier alpha value is -0.400. The Balaban J connectivity index is 0. The number of halogens is 2. The van der Waals surface area contributed by atoms with E-state index >= 15 is 0 Å². The summed E-state index contributed by atoms with van der Waals surface area (Å²) in [6, 6.07) is 0. The first-order valence-electron chi connectivity index (χ1n) is 6.59. The Morgan fingerprint density at radius 2 is 2.10 bits per heavy atom. The van der Waals surface area contributed by atoms with Crippen LogP contribution in [0.3, 0.4) is 0 Å². The quantitative estimate of drug-likeness (QED) is 0.628. The van der Waals surface area contributed by atoms with E-state index in [1.807, 2.05) is 6.92 Å². The Morgan fingerprint density at radius 3 is 2.71 bits per heavy atom. The van der Waals surface area contributed by atoms with Crippen LogP contribution >= 0.6 is 36.2 Å². The van der Waals surface area contributed by atoms with Gasteiger partial charge in [-0.2, -0.15) is 0 Å². The van der Waals surface area contributed by atoms with Gasteiger partial charge in [0.15, 0.2) is 0 Å². The zero-order valence-electron chi connectivity index (χ0n) is 12.5. The molecule has 0 spiro atoms. The summed E-state index contributed by atoms with van der Waals surface area (Å²) in [4.78, 5) is 15.8. The van der Waals surface area contributed by atoms with Crippen LogP contribution in [0, 0.1) is 6.92 Å². The zero-order chi connectivity index (χ0) is 13.9. The van der Waals surface area contributed by atoms with Crippen LogP contribution in [-0.2, 0) is 16.0 Å². The molecule has 1 aromatic rings. The van der Waals surface area contributed by atoms with Gasteiger partial charge in [0.2, 0.25) is 5.91 Å². The van der Waals surface area contributed by atoms with Crippen LogP contribution in [0.15, 0.2) is 5.38 Å². The molecule has 0 bridgehead atoms. The topological polar surface area (TPSA) is 63.2 Å². The van der Waals surface area contributed by atoms with Crippen molar-refractivity contribution in [3.63, 3.8) is 0 Å². The number of carbonyl (C=O) groups is 1. The number of unbranched alkanes of at least 4 members (excludes halogenated alkanes) is 1. The van der Waals surface area contributed by atoms with Crippen molar-refractivity contribution in [2.24, 2.45) is 0 Å². The van der Waals surface area contributed by atoms with E-state index in [0.717, 1.165) is 31.5 Å². The summed E-state index contributed by atoms with van der Waals surface area (Å²) in [5.41, 5.74) is 1.09. The molecule has 1 amide bonds. The lowest BCUT2D eigenvalue weighted by Crippen LogP contribution is -2.35. The molecule has 5 nitrogen and oxygen atoms in total. The third kappa shape index (κ3) is 11.9.